The van der Waals surface area contributed by atoms with Gasteiger partial charge < -0.3 is 4.98 Å². The van der Waals surface area contributed by atoms with Crippen LogP contribution in [0.2, 0.25) is 0 Å². The van der Waals surface area contributed by atoms with E-state index in [0.29, 0.717) is 0 Å². The summed E-state index contributed by atoms with van der Waals surface area (Å²) < 4.78 is 0. The summed E-state index contributed by atoms with van der Waals surface area (Å²) >= 11 is 0. The van der Waals surface area contributed by atoms with E-state index in [-0.39, 0.29) is 0 Å². The Hall–Kier alpha value is -1.31. The summed E-state index contributed by atoms with van der Waals surface area (Å²) in [6.45, 7) is 2.14. The SMILES string of the molecule is CCc1nc2cc3c(cc2[nH]1)CCCC3. The lowest BCUT2D eigenvalue weighted by molar-refractivity contribution is 0.687. The van der Waals surface area contributed by atoms with E-state index in [0.717, 1.165) is 17.8 Å². The maximum Gasteiger partial charge on any atom is 0.106 e. The largest absolute Gasteiger partial charge is 0.342 e. The molecule has 1 N–H and O–H groups in total. The van der Waals surface area contributed by atoms with Crippen LogP contribution in [0.3, 0.4) is 0 Å². The van der Waals surface area contributed by atoms with Gasteiger partial charge in [0.1, 0.15) is 5.82 Å². The van der Waals surface area contributed by atoms with Crippen LogP contribution in [0.5, 0.6) is 0 Å². The summed E-state index contributed by atoms with van der Waals surface area (Å²) in [4.78, 5) is 7.97. The molecule has 0 spiro atoms. The zero-order chi connectivity index (χ0) is 10.3. The van der Waals surface area contributed by atoms with Crippen LogP contribution in [-0.4, -0.2) is 9.97 Å². The van der Waals surface area contributed by atoms with Gasteiger partial charge in [0, 0.05) is 6.42 Å². The molecule has 2 nitrogen and oxygen atoms in total. The van der Waals surface area contributed by atoms with Gasteiger partial charge in [-0.25, -0.2) is 4.98 Å². The Balaban J connectivity index is 2.19. The number of fused-ring (bicyclic) bond motifs is 2. The standard InChI is InChI=1S/C13H16N2/c1-2-13-14-11-7-9-5-3-4-6-10(9)8-12(11)15-13/h7-8H,2-6H2,1H3,(H,14,15). The first-order valence-corrected chi connectivity index (χ1v) is 5.87. The number of aromatic nitrogens is 2. The van der Waals surface area contributed by atoms with Crippen LogP contribution >= 0.6 is 0 Å². The Morgan fingerprint density at radius 2 is 1.93 bits per heavy atom. The summed E-state index contributed by atoms with van der Waals surface area (Å²) in [5.41, 5.74) is 5.41. The van der Waals surface area contributed by atoms with E-state index < -0.39 is 0 Å². The first-order chi connectivity index (χ1) is 7.36. The van der Waals surface area contributed by atoms with Gasteiger partial charge in [-0.15, -0.1) is 0 Å². The minimum Gasteiger partial charge on any atom is -0.342 e. The van der Waals surface area contributed by atoms with Crippen molar-refractivity contribution in [3.05, 3.63) is 29.1 Å². The van der Waals surface area contributed by atoms with Crippen LogP contribution in [0.4, 0.5) is 0 Å². The fourth-order valence-corrected chi connectivity index (χ4v) is 2.46. The predicted octanol–water partition coefficient (Wildman–Crippen LogP) is 3.00. The first-order valence-electron chi connectivity index (χ1n) is 5.87. The smallest absolute Gasteiger partial charge is 0.106 e. The molecule has 0 saturated heterocycles. The number of rotatable bonds is 1. The molecule has 0 atom stereocenters. The summed E-state index contributed by atoms with van der Waals surface area (Å²) in [5.74, 6) is 1.10. The molecule has 1 aliphatic carbocycles. The lowest BCUT2D eigenvalue weighted by atomic mass is 9.91. The van der Waals surface area contributed by atoms with Gasteiger partial charge in [-0.1, -0.05) is 6.92 Å². The molecular weight excluding hydrogens is 184 g/mol. The second-order valence-electron chi connectivity index (χ2n) is 4.38. The topological polar surface area (TPSA) is 28.7 Å². The lowest BCUT2D eigenvalue weighted by Crippen LogP contribution is -2.01. The lowest BCUT2D eigenvalue weighted by Gasteiger charge is -2.14. The molecular formula is C13H16N2. The molecule has 0 unspecified atom stereocenters. The van der Waals surface area contributed by atoms with Crippen LogP contribution < -0.4 is 0 Å². The zero-order valence-electron chi connectivity index (χ0n) is 9.14. The molecule has 78 valence electrons. The minimum absolute atomic E-state index is 0.985. The van der Waals surface area contributed by atoms with Crippen molar-refractivity contribution in [2.24, 2.45) is 0 Å². The molecule has 0 saturated carbocycles. The first kappa shape index (κ1) is 8.96. The molecule has 1 aliphatic rings. The van der Waals surface area contributed by atoms with Gasteiger partial charge in [0.2, 0.25) is 0 Å². The van der Waals surface area contributed by atoms with Crippen molar-refractivity contribution in [1.82, 2.24) is 9.97 Å². The van der Waals surface area contributed by atoms with Crippen molar-refractivity contribution < 1.29 is 0 Å². The average molecular weight is 200 g/mol. The molecule has 0 fully saturated rings. The monoisotopic (exact) mass is 200 g/mol. The van der Waals surface area contributed by atoms with E-state index in [1.54, 1.807) is 0 Å². The molecule has 3 rings (SSSR count). The minimum atomic E-state index is 0.985. The number of benzene rings is 1. The Morgan fingerprint density at radius 3 is 2.67 bits per heavy atom. The van der Waals surface area contributed by atoms with Gasteiger partial charge >= 0.3 is 0 Å². The predicted molar refractivity (Wildman–Crippen MR) is 62.1 cm³/mol. The van der Waals surface area contributed by atoms with Crippen molar-refractivity contribution in [3.8, 4) is 0 Å². The average Bonchev–Trinajstić information content (AvgIpc) is 2.67. The van der Waals surface area contributed by atoms with Crippen molar-refractivity contribution >= 4 is 11.0 Å². The Kier molecular flexibility index (Phi) is 2.01. The number of aromatic amines is 1. The highest BCUT2D eigenvalue weighted by Gasteiger charge is 2.11. The van der Waals surface area contributed by atoms with Crippen molar-refractivity contribution in [1.29, 1.82) is 0 Å². The molecule has 2 heteroatoms. The highest BCUT2D eigenvalue weighted by molar-refractivity contribution is 5.77. The third-order valence-electron chi connectivity index (χ3n) is 3.33. The Bertz CT molecular complexity index is 453. The summed E-state index contributed by atoms with van der Waals surface area (Å²) in [5, 5.41) is 0. The van der Waals surface area contributed by atoms with E-state index in [1.165, 1.54) is 42.3 Å². The summed E-state index contributed by atoms with van der Waals surface area (Å²) in [6.07, 6.45) is 6.14. The summed E-state index contributed by atoms with van der Waals surface area (Å²) in [6, 6.07) is 4.58. The molecule has 0 radical (unpaired) electrons. The van der Waals surface area contributed by atoms with Crippen LogP contribution in [0.25, 0.3) is 11.0 Å². The Morgan fingerprint density at radius 1 is 1.20 bits per heavy atom. The van der Waals surface area contributed by atoms with Gasteiger partial charge in [-0.05, 0) is 48.9 Å². The number of H-pyrrole nitrogens is 1. The van der Waals surface area contributed by atoms with Gasteiger partial charge in [0.15, 0.2) is 0 Å². The maximum absolute atomic E-state index is 4.58. The normalized spacial score (nSPS) is 15.5. The van der Waals surface area contributed by atoms with E-state index in [2.05, 4.69) is 29.0 Å². The third kappa shape index (κ3) is 1.44. The van der Waals surface area contributed by atoms with Crippen molar-refractivity contribution in [2.75, 3.05) is 0 Å². The molecule has 0 bridgehead atoms. The van der Waals surface area contributed by atoms with Gasteiger partial charge in [0.25, 0.3) is 0 Å². The van der Waals surface area contributed by atoms with Crippen LogP contribution in [0, 0.1) is 0 Å². The number of imidazole rings is 1. The van der Waals surface area contributed by atoms with Crippen molar-refractivity contribution in [2.45, 2.75) is 39.0 Å². The fraction of sp³-hybridized carbons (Fsp3) is 0.462. The molecule has 1 heterocycles. The number of nitrogens with one attached hydrogen (secondary N) is 1. The van der Waals surface area contributed by atoms with Crippen LogP contribution in [0.15, 0.2) is 12.1 Å². The number of nitrogens with zero attached hydrogens (tertiary/aromatic N) is 1. The fourth-order valence-electron chi connectivity index (χ4n) is 2.46. The van der Waals surface area contributed by atoms with Gasteiger partial charge in [-0.3, -0.25) is 0 Å². The second kappa shape index (κ2) is 3.37. The van der Waals surface area contributed by atoms with Crippen molar-refractivity contribution in [3.63, 3.8) is 0 Å². The number of hydrogen-bond acceptors (Lipinski definition) is 1. The van der Waals surface area contributed by atoms with E-state index in [4.69, 9.17) is 0 Å². The summed E-state index contributed by atoms with van der Waals surface area (Å²) in [7, 11) is 0. The van der Waals surface area contributed by atoms with Crippen LogP contribution in [0.1, 0.15) is 36.7 Å². The molecule has 15 heavy (non-hydrogen) atoms. The highest BCUT2D eigenvalue weighted by atomic mass is 14.9. The quantitative estimate of drug-likeness (QED) is 0.753. The Labute approximate surface area is 89.7 Å². The molecule has 0 aliphatic heterocycles. The maximum atomic E-state index is 4.58. The third-order valence-corrected chi connectivity index (χ3v) is 3.33. The molecule has 1 aromatic carbocycles. The number of aryl methyl sites for hydroxylation is 3. The molecule has 2 aromatic rings. The molecule has 1 aromatic heterocycles. The number of hydrogen-bond donors (Lipinski definition) is 1. The van der Waals surface area contributed by atoms with E-state index in [9.17, 15) is 0 Å². The zero-order valence-corrected chi connectivity index (χ0v) is 9.14. The van der Waals surface area contributed by atoms with Gasteiger partial charge in [-0.2, -0.15) is 0 Å². The van der Waals surface area contributed by atoms with Crippen LogP contribution in [-0.2, 0) is 19.3 Å². The highest BCUT2D eigenvalue weighted by Crippen LogP contribution is 2.25. The van der Waals surface area contributed by atoms with Gasteiger partial charge in [0.05, 0.1) is 11.0 Å². The second-order valence-corrected chi connectivity index (χ2v) is 4.38. The van der Waals surface area contributed by atoms with E-state index >= 15 is 0 Å². The molecule has 0 amide bonds. The van der Waals surface area contributed by atoms with E-state index in [1.807, 2.05) is 0 Å².